The summed E-state index contributed by atoms with van der Waals surface area (Å²) in [7, 11) is 6.51. The van der Waals surface area contributed by atoms with Gasteiger partial charge in [-0.3, -0.25) is 0 Å². The van der Waals surface area contributed by atoms with Crippen LogP contribution in [0.15, 0.2) is 0 Å². The van der Waals surface area contributed by atoms with Crippen LogP contribution in [-0.4, -0.2) is 49.8 Å². The Labute approximate surface area is 125 Å². The molecule has 1 aliphatic heterocycles. The lowest BCUT2D eigenvalue weighted by Crippen LogP contribution is -2.60. The van der Waals surface area contributed by atoms with Crippen LogP contribution in [0.25, 0.3) is 0 Å². The fourth-order valence-corrected chi connectivity index (χ4v) is 4.34. The second-order valence-corrected chi connectivity index (χ2v) is 7.66. The van der Waals surface area contributed by atoms with Crippen LogP contribution >= 0.6 is 0 Å². The van der Waals surface area contributed by atoms with Gasteiger partial charge in [-0.1, -0.05) is 19.3 Å². The molecule has 1 saturated carbocycles. The number of likely N-dealkylation sites (N-methyl/N-ethyl adjacent to an activating group) is 2. The Bertz CT molecular complexity index is 303. The van der Waals surface area contributed by atoms with E-state index in [1.165, 1.54) is 44.9 Å². The maximum atomic E-state index is 6.26. The van der Waals surface area contributed by atoms with Crippen LogP contribution in [0.4, 0.5) is 0 Å². The quantitative estimate of drug-likeness (QED) is 0.858. The second kappa shape index (κ2) is 6.33. The van der Waals surface area contributed by atoms with Crippen molar-refractivity contribution in [3.05, 3.63) is 0 Å². The van der Waals surface area contributed by atoms with Gasteiger partial charge in [0.05, 0.1) is 5.60 Å². The summed E-state index contributed by atoms with van der Waals surface area (Å²) in [5.74, 6) is 0.726. The second-order valence-electron chi connectivity index (χ2n) is 7.66. The maximum Gasteiger partial charge on any atom is 0.0685 e. The lowest BCUT2D eigenvalue weighted by atomic mass is 9.70. The first kappa shape index (κ1) is 16.3. The Kier molecular flexibility index (Phi) is 5.14. The van der Waals surface area contributed by atoms with Gasteiger partial charge in [0.15, 0.2) is 0 Å². The Hall–Kier alpha value is -0.120. The number of nitrogens with zero attached hydrogens (tertiary/aromatic N) is 1. The molecule has 1 spiro atoms. The van der Waals surface area contributed by atoms with Crippen LogP contribution in [0, 0.1) is 5.92 Å². The lowest BCUT2D eigenvalue weighted by Gasteiger charge is -2.50. The van der Waals surface area contributed by atoms with Gasteiger partial charge in [-0.05, 0) is 66.6 Å². The van der Waals surface area contributed by atoms with E-state index >= 15 is 0 Å². The molecule has 2 fully saturated rings. The van der Waals surface area contributed by atoms with Gasteiger partial charge in [-0.25, -0.2) is 0 Å². The molecule has 0 radical (unpaired) electrons. The summed E-state index contributed by atoms with van der Waals surface area (Å²) in [6, 6.07) is 0.528. The number of hydrogen-bond acceptors (Lipinski definition) is 3. The third kappa shape index (κ3) is 3.20. The van der Waals surface area contributed by atoms with E-state index in [2.05, 4.69) is 45.2 Å². The minimum Gasteiger partial charge on any atom is -0.375 e. The number of rotatable bonds is 4. The van der Waals surface area contributed by atoms with Crippen molar-refractivity contribution in [2.45, 2.75) is 76.0 Å². The molecule has 1 aliphatic carbocycles. The van der Waals surface area contributed by atoms with Gasteiger partial charge >= 0.3 is 0 Å². The Morgan fingerprint density at radius 3 is 2.40 bits per heavy atom. The first-order valence-corrected chi connectivity index (χ1v) is 8.40. The molecule has 3 nitrogen and oxygen atoms in total. The van der Waals surface area contributed by atoms with E-state index < -0.39 is 0 Å². The van der Waals surface area contributed by atoms with Crippen LogP contribution < -0.4 is 5.32 Å². The standard InChI is InChI=1S/C17H34N2O/c1-16(2,19(4)5)15(18-3)14-9-12-20-17(13-14)10-7-6-8-11-17/h14-15,18H,6-13H2,1-5H3. The smallest absolute Gasteiger partial charge is 0.0685 e. The molecule has 2 atom stereocenters. The normalized spacial score (nSPS) is 28.8. The number of ether oxygens (including phenoxy) is 1. The highest BCUT2D eigenvalue weighted by Gasteiger charge is 2.44. The van der Waals surface area contributed by atoms with Gasteiger partial charge in [0, 0.05) is 18.2 Å². The van der Waals surface area contributed by atoms with Crippen molar-refractivity contribution < 1.29 is 4.74 Å². The fourth-order valence-electron chi connectivity index (χ4n) is 4.34. The van der Waals surface area contributed by atoms with Crippen LogP contribution in [0.3, 0.4) is 0 Å². The predicted molar refractivity (Wildman–Crippen MR) is 85.1 cm³/mol. The minimum atomic E-state index is 0.173. The molecule has 0 aromatic rings. The molecule has 2 unspecified atom stereocenters. The zero-order valence-electron chi connectivity index (χ0n) is 14.2. The van der Waals surface area contributed by atoms with E-state index in [9.17, 15) is 0 Å². The molecular weight excluding hydrogens is 248 g/mol. The molecule has 2 aliphatic rings. The fraction of sp³-hybridized carbons (Fsp3) is 1.00. The number of hydrogen-bond donors (Lipinski definition) is 1. The molecule has 2 rings (SSSR count). The summed E-state index contributed by atoms with van der Waals surface area (Å²) >= 11 is 0. The van der Waals surface area contributed by atoms with Gasteiger partial charge < -0.3 is 15.0 Å². The summed E-state index contributed by atoms with van der Waals surface area (Å²) in [5, 5.41) is 3.62. The summed E-state index contributed by atoms with van der Waals surface area (Å²) in [6.45, 7) is 5.67. The SMILES string of the molecule is CNC(C1CCOC2(CCCCC2)C1)C(C)(C)N(C)C. The topological polar surface area (TPSA) is 24.5 Å². The molecule has 1 N–H and O–H groups in total. The largest absolute Gasteiger partial charge is 0.375 e. The summed E-state index contributed by atoms with van der Waals surface area (Å²) in [4.78, 5) is 2.36. The Morgan fingerprint density at radius 2 is 1.85 bits per heavy atom. The van der Waals surface area contributed by atoms with Crippen molar-refractivity contribution in [1.29, 1.82) is 0 Å². The van der Waals surface area contributed by atoms with E-state index in [0.29, 0.717) is 6.04 Å². The van der Waals surface area contributed by atoms with E-state index in [1.807, 2.05) is 0 Å². The molecule has 0 bridgehead atoms. The molecular formula is C17H34N2O. The van der Waals surface area contributed by atoms with Gasteiger partial charge in [-0.15, -0.1) is 0 Å². The van der Waals surface area contributed by atoms with Crippen molar-refractivity contribution in [2.75, 3.05) is 27.7 Å². The molecule has 118 valence electrons. The zero-order chi connectivity index (χ0) is 14.8. The van der Waals surface area contributed by atoms with Gasteiger partial charge in [-0.2, -0.15) is 0 Å². The van der Waals surface area contributed by atoms with Crippen LogP contribution in [-0.2, 0) is 4.74 Å². The molecule has 20 heavy (non-hydrogen) atoms. The van der Waals surface area contributed by atoms with Crippen molar-refractivity contribution in [2.24, 2.45) is 5.92 Å². The van der Waals surface area contributed by atoms with E-state index in [4.69, 9.17) is 4.74 Å². The molecule has 1 heterocycles. The Balaban J connectivity index is 2.10. The monoisotopic (exact) mass is 282 g/mol. The van der Waals surface area contributed by atoms with Gasteiger partial charge in [0.2, 0.25) is 0 Å². The van der Waals surface area contributed by atoms with Gasteiger partial charge in [0.25, 0.3) is 0 Å². The highest BCUT2D eigenvalue weighted by atomic mass is 16.5. The van der Waals surface area contributed by atoms with Crippen molar-refractivity contribution in [3.8, 4) is 0 Å². The lowest BCUT2D eigenvalue weighted by molar-refractivity contribution is -0.127. The summed E-state index contributed by atoms with van der Waals surface area (Å²) < 4.78 is 6.26. The summed E-state index contributed by atoms with van der Waals surface area (Å²) in [5.41, 5.74) is 0.380. The van der Waals surface area contributed by atoms with Gasteiger partial charge in [0.1, 0.15) is 0 Å². The van der Waals surface area contributed by atoms with Crippen LogP contribution in [0.5, 0.6) is 0 Å². The van der Waals surface area contributed by atoms with Crippen LogP contribution in [0.1, 0.15) is 58.8 Å². The molecule has 0 amide bonds. The predicted octanol–water partition coefficient (Wildman–Crippen LogP) is 3.04. The minimum absolute atomic E-state index is 0.173. The first-order valence-electron chi connectivity index (χ1n) is 8.40. The van der Waals surface area contributed by atoms with E-state index in [1.54, 1.807) is 0 Å². The van der Waals surface area contributed by atoms with Crippen molar-refractivity contribution in [3.63, 3.8) is 0 Å². The Morgan fingerprint density at radius 1 is 1.20 bits per heavy atom. The number of nitrogens with one attached hydrogen (secondary N) is 1. The highest BCUT2D eigenvalue weighted by molar-refractivity contribution is 5.00. The zero-order valence-corrected chi connectivity index (χ0v) is 14.2. The molecule has 0 aromatic carbocycles. The average molecular weight is 282 g/mol. The van der Waals surface area contributed by atoms with Crippen LogP contribution in [0.2, 0.25) is 0 Å². The molecule has 0 aromatic heterocycles. The van der Waals surface area contributed by atoms with Crippen molar-refractivity contribution in [1.82, 2.24) is 10.2 Å². The maximum absolute atomic E-state index is 6.26. The van der Waals surface area contributed by atoms with Crippen molar-refractivity contribution >= 4 is 0 Å². The highest BCUT2D eigenvalue weighted by Crippen LogP contribution is 2.43. The average Bonchev–Trinajstić information content (AvgIpc) is 2.40. The first-order chi connectivity index (χ1) is 9.41. The van der Waals surface area contributed by atoms with E-state index in [-0.39, 0.29) is 11.1 Å². The molecule has 3 heteroatoms. The summed E-state index contributed by atoms with van der Waals surface area (Å²) in [6.07, 6.45) is 9.11. The molecule has 1 saturated heterocycles. The third-order valence-corrected chi connectivity index (χ3v) is 5.99. The third-order valence-electron chi connectivity index (χ3n) is 5.99. The van der Waals surface area contributed by atoms with E-state index in [0.717, 1.165) is 12.5 Å².